The van der Waals surface area contributed by atoms with E-state index in [0.717, 1.165) is 12.1 Å². The predicted octanol–water partition coefficient (Wildman–Crippen LogP) is 1.24. The molecule has 1 heterocycles. The normalized spacial score (nSPS) is 19.4. The maximum Gasteiger partial charge on any atom is 0.416 e. The minimum absolute atomic E-state index is 0.0133. The van der Waals surface area contributed by atoms with Crippen molar-refractivity contribution in [2.75, 3.05) is 37.4 Å². The number of carbonyl (C=O) groups excluding carboxylic acids is 1. The molecule has 5 nitrogen and oxygen atoms in total. The van der Waals surface area contributed by atoms with Crippen molar-refractivity contribution in [2.24, 2.45) is 0 Å². The number of rotatable bonds is 2. The van der Waals surface area contributed by atoms with Crippen LogP contribution in [0.4, 0.5) is 24.5 Å². The van der Waals surface area contributed by atoms with Crippen molar-refractivity contribution in [1.29, 1.82) is 0 Å². The number of carbonyl (C=O) groups is 1. The molecule has 1 aliphatic rings. The average Bonchev–Trinajstić information content (AvgIpc) is 2.45. The summed E-state index contributed by atoms with van der Waals surface area (Å²) in [7, 11) is 1.49. The highest BCUT2D eigenvalue weighted by Crippen LogP contribution is 2.35. The van der Waals surface area contributed by atoms with Crippen LogP contribution in [0.3, 0.4) is 0 Å². The van der Waals surface area contributed by atoms with Gasteiger partial charge in [-0.05, 0) is 18.2 Å². The summed E-state index contributed by atoms with van der Waals surface area (Å²) in [4.78, 5) is 13.5. The summed E-state index contributed by atoms with van der Waals surface area (Å²) in [6.07, 6.45) is -4.45. The highest BCUT2D eigenvalue weighted by Gasteiger charge is 2.33. The summed E-state index contributed by atoms with van der Waals surface area (Å²) in [5, 5.41) is 2.51. The summed E-state index contributed by atoms with van der Waals surface area (Å²) in [6.45, 7) is 0.932. The number of halogens is 3. The Morgan fingerprint density at radius 1 is 1.48 bits per heavy atom. The second-order valence-corrected chi connectivity index (χ2v) is 4.67. The van der Waals surface area contributed by atoms with E-state index < -0.39 is 17.8 Å². The minimum atomic E-state index is -4.45. The summed E-state index contributed by atoms with van der Waals surface area (Å²) in [5.74, 6) is -0.269. The first kappa shape index (κ1) is 15.4. The number of hydrogen-bond donors (Lipinski definition) is 2. The van der Waals surface area contributed by atoms with Gasteiger partial charge in [0.1, 0.15) is 6.04 Å². The lowest BCUT2D eigenvalue weighted by atomic mass is 10.1. The number of likely N-dealkylation sites (N-methyl/N-ethyl adjacent to an activating group) is 1. The van der Waals surface area contributed by atoms with Gasteiger partial charge in [0.05, 0.1) is 30.2 Å². The van der Waals surface area contributed by atoms with Gasteiger partial charge in [0.15, 0.2) is 0 Å². The Bertz CT molecular complexity index is 534. The van der Waals surface area contributed by atoms with E-state index in [-0.39, 0.29) is 18.2 Å². The molecule has 21 heavy (non-hydrogen) atoms. The molecule has 0 saturated carbocycles. The van der Waals surface area contributed by atoms with Gasteiger partial charge < -0.3 is 20.7 Å². The van der Waals surface area contributed by atoms with E-state index in [9.17, 15) is 18.0 Å². The second-order valence-electron chi connectivity index (χ2n) is 4.67. The average molecular weight is 303 g/mol. The van der Waals surface area contributed by atoms with Gasteiger partial charge in [0.25, 0.3) is 0 Å². The quantitative estimate of drug-likeness (QED) is 0.807. The Morgan fingerprint density at radius 3 is 2.76 bits per heavy atom. The van der Waals surface area contributed by atoms with E-state index >= 15 is 0 Å². The fourth-order valence-electron chi connectivity index (χ4n) is 2.27. The number of alkyl halides is 3. The van der Waals surface area contributed by atoms with E-state index in [0.29, 0.717) is 18.8 Å². The van der Waals surface area contributed by atoms with Gasteiger partial charge in [-0.1, -0.05) is 0 Å². The topological polar surface area (TPSA) is 67.6 Å². The van der Waals surface area contributed by atoms with Gasteiger partial charge in [-0.25, -0.2) is 0 Å². The largest absolute Gasteiger partial charge is 0.416 e. The molecule has 1 aliphatic heterocycles. The number of morpholine rings is 1. The SMILES string of the molecule is CNC(=O)C1COCCN1c1ccc(C(F)(F)F)cc1N. The fourth-order valence-corrected chi connectivity index (χ4v) is 2.27. The van der Waals surface area contributed by atoms with Gasteiger partial charge in [-0.3, -0.25) is 4.79 Å². The Morgan fingerprint density at radius 2 is 2.19 bits per heavy atom. The highest BCUT2D eigenvalue weighted by atomic mass is 19.4. The smallest absolute Gasteiger partial charge is 0.397 e. The monoisotopic (exact) mass is 303 g/mol. The van der Waals surface area contributed by atoms with Crippen LogP contribution in [0.1, 0.15) is 5.56 Å². The number of nitrogens with zero attached hydrogens (tertiary/aromatic N) is 1. The number of nitrogens with one attached hydrogen (secondary N) is 1. The molecule has 2 rings (SSSR count). The van der Waals surface area contributed by atoms with Crippen molar-refractivity contribution < 1.29 is 22.7 Å². The molecule has 1 atom stereocenters. The van der Waals surface area contributed by atoms with Crippen LogP contribution in [0, 0.1) is 0 Å². The lowest BCUT2D eigenvalue weighted by Crippen LogP contribution is -2.53. The van der Waals surface area contributed by atoms with Crippen LogP contribution in [0.2, 0.25) is 0 Å². The maximum atomic E-state index is 12.6. The zero-order valence-electron chi connectivity index (χ0n) is 11.4. The molecule has 0 aromatic heterocycles. The van der Waals surface area contributed by atoms with E-state index in [2.05, 4.69) is 5.32 Å². The van der Waals surface area contributed by atoms with Crippen molar-refractivity contribution in [3.63, 3.8) is 0 Å². The van der Waals surface area contributed by atoms with Crippen LogP contribution >= 0.6 is 0 Å². The first-order valence-electron chi connectivity index (χ1n) is 6.37. The number of hydrogen-bond acceptors (Lipinski definition) is 4. The van der Waals surface area contributed by atoms with Crippen LogP contribution in [0.25, 0.3) is 0 Å². The lowest BCUT2D eigenvalue weighted by molar-refractivity contribution is -0.137. The number of ether oxygens (including phenoxy) is 1. The van der Waals surface area contributed by atoms with E-state index in [4.69, 9.17) is 10.5 Å². The lowest BCUT2D eigenvalue weighted by Gasteiger charge is -2.36. The van der Waals surface area contributed by atoms with Crippen LogP contribution in [0.5, 0.6) is 0 Å². The minimum Gasteiger partial charge on any atom is -0.397 e. The number of anilines is 2. The first-order chi connectivity index (χ1) is 9.84. The summed E-state index contributed by atoms with van der Waals surface area (Å²) in [5.41, 5.74) is 5.32. The molecule has 1 aromatic rings. The molecule has 1 fully saturated rings. The molecule has 1 saturated heterocycles. The molecule has 0 radical (unpaired) electrons. The molecule has 8 heteroatoms. The molecular formula is C13H16F3N3O2. The number of nitrogen functional groups attached to an aromatic ring is 1. The zero-order chi connectivity index (χ0) is 15.6. The third-order valence-corrected chi connectivity index (χ3v) is 3.34. The Hall–Kier alpha value is -1.96. The predicted molar refractivity (Wildman–Crippen MR) is 71.9 cm³/mol. The Kier molecular flexibility index (Phi) is 4.26. The summed E-state index contributed by atoms with van der Waals surface area (Å²) in [6, 6.07) is 2.52. The van der Waals surface area contributed by atoms with E-state index in [1.165, 1.54) is 13.1 Å². The van der Waals surface area contributed by atoms with Crippen molar-refractivity contribution in [2.45, 2.75) is 12.2 Å². The molecule has 1 unspecified atom stereocenters. The van der Waals surface area contributed by atoms with Gasteiger partial charge in [0, 0.05) is 13.6 Å². The number of nitrogens with two attached hydrogens (primary N) is 1. The molecule has 0 spiro atoms. The molecule has 1 amide bonds. The zero-order valence-corrected chi connectivity index (χ0v) is 11.4. The molecular weight excluding hydrogens is 287 g/mol. The Labute approximate surface area is 119 Å². The molecule has 0 bridgehead atoms. The number of benzene rings is 1. The van der Waals surface area contributed by atoms with Gasteiger partial charge >= 0.3 is 6.18 Å². The third-order valence-electron chi connectivity index (χ3n) is 3.34. The fraction of sp³-hybridized carbons (Fsp3) is 0.462. The van der Waals surface area contributed by atoms with Crippen LogP contribution in [-0.2, 0) is 15.7 Å². The summed E-state index contributed by atoms with van der Waals surface area (Å²) < 4.78 is 43.2. The standard InChI is InChI=1S/C13H16F3N3O2/c1-18-12(20)11-7-21-5-4-19(11)10-3-2-8(6-9(10)17)13(14,15)16/h2-3,6,11H,4-5,7,17H2,1H3,(H,18,20). The van der Waals surface area contributed by atoms with E-state index in [1.807, 2.05) is 0 Å². The Balaban J connectivity index is 2.33. The number of amides is 1. The van der Waals surface area contributed by atoms with E-state index in [1.54, 1.807) is 4.90 Å². The highest BCUT2D eigenvalue weighted by molar-refractivity contribution is 5.87. The van der Waals surface area contributed by atoms with Crippen LogP contribution in [-0.4, -0.2) is 38.8 Å². The van der Waals surface area contributed by atoms with Crippen molar-refractivity contribution in [3.05, 3.63) is 23.8 Å². The third kappa shape index (κ3) is 3.21. The molecule has 0 aliphatic carbocycles. The van der Waals surface area contributed by atoms with Gasteiger partial charge in [0.2, 0.25) is 5.91 Å². The van der Waals surface area contributed by atoms with Crippen molar-refractivity contribution >= 4 is 17.3 Å². The first-order valence-corrected chi connectivity index (χ1v) is 6.37. The van der Waals surface area contributed by atoms with Crippen molar-refractivity contribution in [1.82, 2.24) is 5.32 Å². The van der Waals surface area contributed by atoms with Crippen LogP contribution in [0.15, 0.2) is 18.2 Å². The van der Waals surface area contributed by atoms with Gasteiger partial charge in [-0.15, -0.1) is 0 Å². The van der Waals surface area contributed by atoms with Crippen molar-refractivity contribution in [3.8, 4) is 0 Å². The molecule has 1 aromatic carbocycles. The maximum absolute atomic E-state index is 12.6. The summed E-state index contributed by atoms with van der Waals surface area (Å²) >= 11 is 0. The van der Waals surface area contributed by atoms with Crippen LogP contribution < -0.4 is 16.0 Å². The molecule has 3 N–H and O–H groups in total. The molecule has 116 valence electrons. The second kappa shape index (κ2) is 5.80. The van der Waals surface area contributed by atoms with Gasteiger partial charge in [-0.2, -0.15) is 13.2 Å².